The molecule has 0 saturated carbocycles. The number of likely N-dealkylation sites (tertiary alicyclic amines) is 1. The van der Waals surface area contributed by atoms with Gasteiger partial charge in [0, 0.05) is 37.4 Å². The van der Waals surface area contributed by atoms with Crippen LogP contribution in [-0.4, -0.2) is 40.5 Å². The summed E-state index contributed by atoms with van der Waals surface area (Å²) in [7, 11) is 0. The molecule has 0 bridgehead atoms. The van der Waals surface area contributed by atoms with Crippen LogP contribution in [0.3, 0.4) is 0 Å². The van der Waals surface area contributed by atoms with Crippen LogP contribution in [0.1, 0.15) is 57.1 Å². The van der Waals surface area contributed by atoms with Crippen LogP contribution in [0, 0.1) is 0 Å². The fourth-order valence-corrected chi connectivity index (χ4v) is 2.80. The van der Waals surface area contributed by atoms with Crippen LogP contribution in [0.4, 0.5) is 4.79 Å². The molecule has 0 aromatic carbocycles. The normalized spacial score (nSPS) is 18.5. The molecule has 2 heterocycles. The van der Waals surface area contributed by atoms with Gasteiger partial charge in [0.2, 0.25) is 0 Å². The summed E-state index contributed by atoms with van der Waals surface area (Å²) < 4.78 is 0. The highest BCUT2D eigenvalue weighted by Gasteiger charge is 2.25. The van der Waals surface area contributed by atoms with Crippen molar-refractivity contribution in [3.8, 4) is 0 Å². The van der Waals surface area contributed by atoms with Crippen molar-refractivity contribution in [2.24, 2.45) is 0 Å². The van der Waals surface area contributed by atoms with Gasteiger partial charge in [-0.2, -0.15) is 0 Å². The smallest absolute Gasteiger partial charge is 0.317 e. The van der Waals surface area contributed by atoms with E-state index < -0.39 is 0 Å². The van der Waals surface area contributed by atoms with Crippen LogP contribution in [0.5, 0.6) is 0 Å². The minimum Gasteiger partial charge on any atom is -0.338 e. The van der Waals surface area contributed by atoms with Gasteiger partial charge in [0.25, 0.3) is 0 Å². The number of unbranched alkanes of at least 4 members (excludes halogenated alkanes) is 3. The average molecular weight is 290 g/mol. The average Bonchev–Trinajstić information content (AvgIpc) is 2.55. The first-order chi connectivity index (χ1) is 10.3. The molecule has 0 spiro atoms. The number of carbonyl (C=O) groups is 1. The fraction of sp³-hybridized carbons (Fsp3) is 0.688. The van der Waals surface area contributed by atoms with Gasteiger partial charge in [-0.25, -0.2) is 14.8 Å². The molecule has 2 amide bonds. The summed E-state index contributed by atoms with van der Waals surface area (Å²) in [5.41, 5.74) is 1.05. The Labute approximate surface area is 127 Å². The zero-order valence-corrected chi connectivity index (χ0v) is 12.9. The molecule has 116 valence electrons. The van der Waals surface area contributed by atoms with E-state index in [1.165, 1.54) is 19.3 Å². The van der Waals surface area contributed by atoms with Crippen LogP contribution in [0.15, 0.2) is 18.6 Å². The molecule has 1 fully saturated rings. The minimum atomic E-state index is 0.0743. The molecular formula is C16H26N4O. The molecule has 5 nitrogen and oxygen atoms in total. The van der Waals surface area contributed by atoms with E-state index in [0.29, 0.717) is 5.92 Å². The van der Waals surface area contributed by atoms with Crippen molar-refractivity contribution in [3.05, 3.63) is 24.3 Å². The summed E-state index contributed by atoms with van der Waals surface area (Å²) in [6, 6.07) is 2.03. The molecule has 1 saturated heterocycles. The number of carbonyl (C=O) groups excluding carboxylic acids is 1. The summed E-state index contributed by atoms with van der Waals surface area (Å²) in [6.07, 6.45) is 10.2. The second-order valence-corrected chi connectivity index (χ2v) is 5.71. The summed E-state index contributed by atoms with van der Waals surface area (Å²) in [5.74, 6) is 0.340. The van der Waals surface area contributed by atoms with Gasteiger partial charge in [-0.05, 0) is 25.3 Å². The number of rotatable bonds is 6. The van der Waals surface area contributed by atoms with E-state index in [2.05, 4.69) is 22.2 Å². The van der Waals surface area contributed by atoms with Gasteiger partial charge in [-0.3, -0.25) is 0 Å². The van der Waals surface area contributed by atoms with E-state index in [1.807, 2.05) is 11.0 Å². The molecule has 0 unspecified atom stereocenters. The van der Waals surface area contributed by atoms with E-state index in [0.717, 1.165) is 44.6 Å². The topological polar surface area (TPSA) is 58.1 Å². The Morgan fingerprint density at radius 1 is 1.43 bits per heavy atom. The van der Waals surface area contributed by atoms with Crippen molar-refractivity contribution >= 4 is 6.03 Å². The molecule has 5 heteroatoms. The van der Waals surface area contributed by atoms with Crippen LogP contribution in [-0.2, 0) is 0 Å². The summed E-state index contributed by atoms with van der Waals surface area (Å²) in [5, 5.41) is 3.04. The number of hydrogen-bond acceptors (Lipinski definition) is 3. The van der Waals surface area contributed by atoms with Crippen molar-refractivity contribution < 1.29 is 4.79 Å². The third-order valence-corrected chi connectivity index (χ3v) is 4.04. The third kappa shape index (κ3) is 4.99. The van der Waals surface area contributed by atoms with Crippen molar-refractivity contribution in [1.82, 2.24) is 20.2 Å². The fourth-order valence-electron chi connectivity index (χ4n) is 2.80. The Kier molecular flexibility index (Phi) is 6.44. The van der Waals surface area contributed by atoms with E-state index in [1.54, 1.807) is 12.5 Å². The summed E-state index contributed by atoms with van der Waals surface area (Å²) in [4.78, 5) is 22.4. The zero-order valence-electron chi connectivity index (χ0n) is 12.9. The molecular weight excluding hydrogens is 264 g/mol. The predicted molar refractivity (Wildman–Crippen MR) is 83.1 cm³/mol. The first-order valence-corrected chi connectivity index (χ1v) is 8.10. The van der Waals surface area contributed by atoms with E-state index in [4.69, 9.17) is 0 Å². The van der Waals surface area contributed by atoms with Gasteiger partial charge in [0.05, 0.1) is 0 Å². The predicted octanol–water partition coefficient (Wildman–Crippen LogP) is 2.95. The van der Waals surface area contributed by atoms with Crippen LogP contribution in [0.25, 0.3) is 0 Å². The highest BCUT2D eigenvalue weighted by atomic mass is 16.2. The lowest BCUT2D eigenvalue weighted by atomic mass is 9.95. The van der Waals surface area contributed by atoms with Gasteiger partial charge < -0.3 is 10.2 Å². The van der Waals surface area contributed by atoms with E-state index in [-0.39, 0.29) is 6.03 Å². The largest absolute Gasteiger partial charge is 0.338 e. The van der Waals surface area contributed by atoms with Gasteiger partial charge in [-0.15, -0.1) is 0 Å². The maximum atomic E-state index is 12.2. The van der Waals surface area contributed by atoms with Crippen LogP contribution >= 0.6 is 0 Å². The molecule has 1 aromatic heterocycles. The van der Waals surface area contributed by atoms with Crippen molar-refractivity contribution in [1.29, 1.82) is 0 Å². The van der Waals surface area contributed by atoms with Crippen molar-refractivity contribution in [2.75, 3.05) is 19.6 Å². The number of urea groups is 1. The first kappa shape index (κ1) is 15.7. The molecule has 21 heavy (non-hydrogen) atoms. The second kappa shape index (κ2) is 8.60. The number of aromatic nitrogens is 2. The number of hydrogen-bond donors (Lipinski definition) is 1. The molecule has 1 aromatic rings. The Bertz CT molecular complexity index is 424. The lowest BCUT2D eigenvalue weighted by Gasteiger charge is -2.32. The maximum Gasteiger partial charge on any atom is 0.317 e. The highest BCUT2D eigenvalue weighted by Crippen LogP contribution is 2.24. The molecule has 0 aliphatic carbocycles. The standard InChI is InChI=1S/C16H26N4O/c1-2-3-4-5-9-18-16(21)20-11-6-7-14(12-20)15-8-10-17-13-19-15/h8,10,13-14H,2-7,9,11-12H2,1H3,(H,18,21)/t14-/m1/s1. The second-order valence-electron chi connectivity index (χ2n) is 5.71. The number of piperidine rings is 1. The number of nitrogens with one attached hydrogen (secondary N) is 1. The summed E-state index contributed by atoms with van der Waals surface area (Å²) in [6.45, 7) is 4.59. The quantitative estimate of drug-likeness (QED) is 0.819. The molecule has 2 rings (SSSR count). The van der Waals surface area contributed by atoms with Gasteiger partial charge in [-0.1, -0.05) is 26.2 Å². The zero-order chi connectivity index (χ0) is 14.9. The lowest BCUT2D eigenvalue weighted by molar-refractivity contribution is 0.179. The first-order valence-electron chi connectivity index (χ1n) is 8.10. The van der Waals surface area contributed by atoms with Crippen molar-refractivity contribution in [2.45, 2.75) is 51.4 Å². The Hall–Kier alpha value is -1.65. The summed E-state index contributed by atoms with van der Waals surface area (Å²) >= 11 is 0. The SMILES string of the molecule is CCCCCCNC(=O)N1CCC[C@@H](c2ccncn2)C1. The molecule has 1 N–H and O–H groups in total. The van der Waals surface area contributed by atoms with E-state index in [9.17, 15) is 4.79 Å². The molecule has 1 aliphatic rings. The monoisotopic (exact) mass is 290 g/mol. The Morgan fingerprint density at radius 3 is 3.10 bits per heavy atom. The maximum absolute atomic E-state index is 12.2. The minimum absolute atomic E-state index is 0.0743. The molecule has 1 aliphatic heterocycles. The Balaban J connectivity index is 1.76. The number of nitrogens with zero attached hydrogens (tertiary/aromatic N) is 3. The van der Waals surface area contributed by atoms with Crippen LogP contribution < -0.4 is 5.32 Å². The third-order valence-electron chi connectivity index (χ3n) is 4.04. The highest BCUT2D eigenvalue weighted by molar-refractivity contribution is 5.74. The van der Waals surface area contributed by atoms with Crippen molar-refractivity contribution in [3.63, 3.8) is 0 Å². The molecule has 0 radical (unpaired) electrons. The van der Waals surface area contributed by atoms with Gasteiger partial charge in [0.1, 0.15) is 6.33 Å². The Morgan fingerprint density at radius 2 is 2.33 bits per heavy atom. The van der Waals surface area contributed by atoms with Gasteiger partial charge in [0.15, 0.2) is 0 Å². The molecule has 1 atom stereocenters. The van der Waals surface area contributed by atoms with Gasteiger partial charge >= 0.3 is 6.03 Å². The van der Waals surface area contributed by atoms with E-state index >= 15 is 0 Å². The number of amides is 2. The van der Waals surface area contributed by atoms with Crippen LogP contribution in [0.2, 0.25) is 0 Å². The lowest BCUT2D eigenvalue weighted by Crippen LogP contribution is -2.45.